The predicted molar refractivity (Wildman–Crippen MR) is 66.3 cm³/mol. The monoisotopic (exact) mass is 215 g/mol. The Balaban J connectivity index is 1.97. The number of nitrogens with one attached hydrogen (secondary N) is 1. The minimum Gasteiger partial charge on any atom is -0.352 e. The summed E-state index contributed by atoms with van der Waals surface area (Å²) < 4.78 is 2.14. The lowest BCUT2D eigenvalue weighted by Gasteiger charge is -2.08. The first-order chi connectivity index (χ1) is 7.90. The molecule has 1 aromatic carbocycles. The summed E-state index contributed by atoms with van der Waals surface area (Å²) in [6.07, 6.45) is 4.97. The van der Waals surface area contributed by atoms with Gasteiger partial charge in [-0.25, -0.2) is 4.98 Å². The lowest BCUT2D eigenvalue weighted by Crippen LogP contribution is -2.06. The van der Waals surface area contributed by atoms with Crippen LogP contribution < -0.4 is 5.32 Å². The number of aromatic nitrogens is 2. The Hall–Kier alpha value is -1.77. The van der Waals surface area contributed by atoms with Crippen LogP contribution in [-0.2, 0) is 13.1 Å². The second-order valence-electron chi connectivity index (χ2n) is 3.78. The summed E-state index contributed by atoms with van der Waals surface area (Å²) >= 11 is 0. The van der Waals surface area contributed by atoms with Gasteiger partial charge in [0.25, 0.3) is 0 Å². The van der Waals surface area contributed by atoms with Crippen molar-refractivity contribution < 1.29 is 0 Å². The summed E-state index contributed by atoms with van der Waals surface area (Å²) in [5.74, 6) is 0.950. The molecular formula is C13H17N3. The van der Waals surface area contributed by atoms with Crippen LogP contribution in [0.4, 0.5) is 5.95 Å². The third-order valence-corrected chi connectivity index (χ3v) is 2.47. The van der Waals surface area contributed by atoms with Gasteiger partial charge >= 0.3 is 0 Å². The maximum absolute atomic E-state index is 4.30. The Morgan fingerprint density at radius 1 is 1.25 bits per heavy atom. The maximum Gasteiger partial charge on any atom is 0.203 e. The molecule has 84 valence electrons. The van der Waals surface area contributed by atoms with Crippen LogP contribution in [0.2, 0.25) is 0 Å². The molecule has 0 fully saturated rings. The van der Waals surface area contributed by atoms with Crippen molar-refractivity contribution in [2.45, 2.75) is 26.4 Å². The highest BCUT2D eigenvalue weighted by atomic mass is 15.2. The fraction of sp³-hybridized carbons (Fsp3) is 0.308. The highest BCUT2D eigenvalue weighted by Gasteiger charge is 2.00. The first-order valence-corrected chi connectivity index (χ1v) is 5.69. The average molecular weight is 215 g/mol. The maximum atomic E-state index is 4.30. The second-order valence-corrected chi connectivity index (χ2v) is 3.78. The summed E-state index contributed by atoms with van der Waals surface area (Å²) in [4.78, 5) is 4.30. The van der Waals surface area contributed by atoms with E-state index in [4.69, 9.17) is 0 Å². The number of hydrogen-bond acceptors (Lipinski definition) is 2. The molecule has 0 saturated heterocycles. The largest absolute Gasteiger partial charge is 0.352 e. The summed E-state index contributed by atoms with van der Waals surface area (Å²) in [5.41, 5.74) is 1.27. The molecule has 0 aliphatic rings. The molecule has 0 amide bonds. The Morgan fingerprint density at radius 3 is 2.81 bits per heavy atom. The van der Waals surface area contributed by atoms with Gasteiger partial charge in [0.15, 0.2) is 0 Å². The molecule has 0 saturated carbocycles. The Morgan fingerprint density at radius 2 is 2.06 bits per heavy atom. The summed E-state index contributed by atoms with van der Waals surface area (Å²) in [7, 11) is 0. The quantitative estimate of drug-likeness (QED) is 0.831. The van der Waals surface area contributed by atoms with E-state index in [0.29, 0.717) is 0 Å². The Kier molecular flexibility index (Phi) is 3.59. The van der Waals surface area contributed by atoms with Crippen LogP contribution in [0.5, 0.6) is 0 Å². The van der Waals surface area contributed by atoms with E-state index in [1.807, 2.05) is 18.5 Å². The van der Waals surface area contributed by atoms with E-state index in [9.17, 15) is 0 Å². The van der Waals surface area contributed by atoms with Gasteiger partial charge in [0.1, 0.15) is 0 Å². The molecular weight excluding hydrogens is 198 g/mol. The molecule has 1 aromatic heterocycles. The van der Waals surface area contributed by atoms with Crippen LogP contribution in [0.3, 0.4) is 0 Å². The molecule has 1 N–H and O–H groups in total. The first kappa shape index (κ1) is 10.7. The van der Waals surface area contributed by atoms with Gasteiger partial charge in [0.05, 0.1) is 0 Å². The standard InChI is InChI=1S/C13H17N3/c1-2-9-16-10-8-14-13(16)15-11-12-6-4-3-5-7-12/h3-8,10H,2,9,11H2,1H3,(H,14,15). The number of nitrogens with zero attached hydrogens (tertiary/aromatic N) is 2. The first-order valence-electron chi connectivity index (χ1n) is 5.69. The van der Waals surface area contributed by atoms with E-state index in [1.54, 1.807) is 0 Å². The zero-order valence-electron chi connectivity index (χ0n) is 9.56. The van der Waals surface area contributed by atoms with Crippen molar-refractivity contribution in [1.82, 2.24) is 9.55 Å². The van der Waals surface area contributed by atoms with Crippen molar-refractivity contribution in [3.05, 3.63) is 48.3 Å². The molecule has 0 atom stereocenters. The number of anilines is 1. The lowest BCUT2D eigenvalue weighted by atomic mass is 10.2. The molecule has 0 spiro atoms. The summed E-state index contributed by atoms with van der Waals surface area (Å²) in [5, 5.41) is 3.35. The van der Waals surface area contributed by atoms with Crippen LogP contribution in [-0.4, -0.2) is 9.55 Å². The van der Waals surface area contributed by atoms with E-state index in [2.05, 4.69) is 46.1 Å². The van der Waals surface area contributed by atoms with Gasteiger partial charge in [-0.15, -0.1) is 0 Å². The summed E-state index contributed by atoms with van der Waals surface area (Å²) in [6.45, 7) is 4.00. The highest BCUT2D eigenvalue weighted by molar-refractivity contribution is 5.28. The SMILES string of the molecule is CCCn1ccnc1NCc1ccccc1. The fourth-order valence-electron chi connectivity index (χ4n) is 1.67. The Labute approximate surface area is 96.1 Å². The van der Waals surface area contributed by atoms with Gasteiger partial charge < -0.3 is 9.88 Å². The van der Waals surface area contributed by atoms with Gasteiger partial charge in [-0.2, -0.15) is 0 Å². The summed E-state index contributed by atoms with van der Waals surface area (Å²) in [6, 6.07) is 10.4. The smallest absolute Gasteiger partial charge is 0.203 e. The molecule has 0 aliphatic carbocycles. The molecule has 3 heteroatoms. The van der Waals surface area contributed by atoms with E-state index >= 15 is 0 Å². The second kappa shape index (κ2) is 5.35. The molecule has 2 rings (SSSR count). The van der Waals surface area contributed by atoms with Crippen molar-refractivity contribution in [2.24, 2.45) is 0 Å². The minimum atomic E-state index is 0.821. The van der Waals surface area contributed by atoms with Crippen LogP contribution in [0.25, 0.3) is 0 Å². The highest BCUT2D eigenvalue weighted by Crippen LogP contribution is 2.07. The number of imidazole rings is 1. The zero-order chi connectivity index (χ0) is 11.2. The molecule has 16 heavy (non-hydrogen) atoms. The number of benzene rings is 1. The normalized spacial score (nSPS) is 10.3. The van der Waals surface area contributed by atoms with E-state index in [1.165, 1.54) is 5.56 Å². The van der Waals surface area contributed by atoms with E-state index < -0.39 is 0 Å². The topological polar surface area (TPSA) is 29.9 Å². The van der Waals surface area contributed by atoms with Crippen molar-refractivity contribution in [3.8, 4) is 0 Å². The molecule has 0 unspecified atom stereocenters. The van der Waals surface area contributed by atoms with Crippen LogP contribution >= 0.6 is 0 Å². The van der Waals surface area contributed by atoms with Gasteiger partial charge in [-0.05, 0) is 12.0 Å². The van der Waals surface area contributed by atoms with Gasteiger partial charge in [-0.3, -0.25) is 0 Å². The van der Waals surface area contributed by atoms with Crippen molar-refractivity contribution >= 4 is 5.95 Å². The van der Waals surface area contributed by atoms with Gasteiger partial charge in [0, 0.05) is 25.5 Å². The van der Waals surface area contributed by atoms with E-state index in [0.717, 1.165) is 25.5 Å². The number of hydrogen-bond donors (Lipinski definition) is 1. The third-order valence-electron chi connectivity index (χ3n) is 2.47. The van der Waals surface area contributed by atoms with Gasteiger partial charge in [-0.1, -0.05) is 37.3 Å². The predicted octanol–water partition coefficient (Wildman–Crippen LogP) is 2.91. The molecule has 2 aromatic rings. The van der Waals surface area contributed by atoms with E-state index in [-0.39, 0.29) is 0 Å². The zero-order valence-corrected chi connectivity index (χ0v) is 9.56. The van der Waals surface area contributed by atoms with Crippen LogP contribution in [0, 0.1) is 0 Å². The molecule has 0 radical (unpaired) electrons. The van der Waals surface area contributed by atoms with Gasteiger partial charge in [0.2, 0.25) is 5.95 Å². The van der Waals surface area contributed by atoms with Crippen molar-refractivity contribution in [3.63, 3.8) is 0 Å². The van der Waals surface area contributed by atoms with Crippen molar-refractivity contribution in [1.29, 1.82) is 0 Å². The number of aryl methyl sites for hydroxylation is 1. The fourth-order valence-corrected chi connectivity index (χ4v) is 1.67. The Bertz CT molecular complexity index is 420. The molecule has 0 bridgehead atoms. The van der Waals surface area contributed by atoms with Crippen molar-refractivity contribution in [2.75, 3.05) is 5.32 Å². The van der Waals surface area contributed by atoms with Crippen LogP contribution in [0.1, 0.15) is 18.9 Å². The number of rotatable bonds is 5. The lowest BCUT2D eigenvalue weighted by molar-refractivity contribution is 0.682. The molecule has 3 nitrogen and oxygen atoms in total. The third kappa shape index (κ3) is 2.63. The minimum absolute atomic E-state index is 0.821. The molecule has 0 aliphatic heterocycles. The van der Waals surface area contributed by atoms with Crippen LogP contribution in [0.15, 0.2) is 42.7 Å². The molecule has 1 heterocycles. The average Bonchev–Trinajstić information content (AvgIpc) is 2.76.